The molecule has 0 radical (unpaired) electrons. The van der Waals surface area contributed by atoms with Crippen LogP contribution in [0.15, 0.2) is 127 Å². The summed E-state index contributed by atoms with van der Waals surface area (Å²) in [6, 6.07) is 44.1. The summed E-state index contributed by atoms with van der Waals surface area (Å²) in [6.45, 7) is 0. The summed E-state index contributed by atoms with van der Waals surface area (Å²) in [4.78, 5) is 10.9. The summed E-state index contributed by atoms with van der Waals surface area (Å²) in [5.41, 5.74) is 12.2. The van der Waals surface area contributed by atoms with Gasteiger partial charge in [-0.3, -0.25) is 0 Å². The normalized spacial score (nSPS) is 11.8. The topological polar surface area (TPSA) is 53.5 Å². The highest BCUT2D eigenvalue weighted by atomic mass is 32.1. The van der Waals surface area contributed by atoms with Gasteiger partial charge in [0.05, 0.1) is 44.1 Å². The van der Waals surface area contributed by atoms with Gasteiger partial charge in [-0.05, 0) is 107 Å². The van der Waals surface area contributed by atoms with Crippen LogP contribution in [0, 0.1) is 0 Å². The van der Waals surface area contributed by atoms with Gasteiger partial charge >= 0.3 is 0 Å². The first kappa shape index (κ1) is 33.5. The van der Waals surface area contributed by atoms with Crippen LogP contribution in [-0.4, -0.2) is 31.3 Å². The van der Waals surface area contributed by atoms with Gasteiger partial charge in [-0.1, -0.05) is 66.7 Å². The van der Waals surface area contributed by atoms with Crippen LogP contribution in [0.3, 0.4) is 0 Å². The van der Waals surface area contributed by atoms with Crippen LogP contribution < -0.4 is 14.2 Å². The van der Waals surface area contributed by atoms with Crippen molar-refractivity contribution in [1.29, 1.82) is 0 Å². The molecule has 5 nitrogen and oxygen atoms in total. The van der Waals surface area contributed by atoms with Gasteiger partial charge in [0, 0.05) is 41.1 Å². The molecule has 0 amide bonds. The lowest BCUT2D eigenvalue weighted by Gasteiger charge is -2.07. The molecule has 0 saturated carbocycles. The Morgan fingerprint density at radius 3 is 0.889 bits per heavy atom. The first-order valence-electron chi connectivity index (χ1n) is 17.6. The zero-order valence-corrected chi connectivity index (χ0v) is 31.5. The third-order valence-electron chi connectivity index (χ3n) is 9.70. The smallest absolute Gasteiger partial charge is 0.118 e. The number of rotatable bonds is 7. The van der Waals surface area contributed by atoms with Gasteiger partial charge in [-0.25, -0.2) is 9.97 Å². The molecular weight excluding hydrogens is 705 g/mol. The SMILES string of the molecule is COc1ccc(-c2c3nc(c(-c4ccc(OC)cc4)c4ccc(s4)c(-c4ccc(OC)cc4)c4nc(c(-c5ccccc5)c5ccc2s5)C=C4)C=C3)cc1. The quantitative estimate of drug-likeness (QED) is 0.163. The molecule has 0 atom stereocenters. The average Bonchev–Trinajstić information content (AvgIpc) is 4.07. The minimum absolute atomic E-state index is 0.805. The number of methoxy groups -OCH3 is 3. The van der Waals surface area contributed by atoms with Crippen molar-refractivity contribution >= 4 is 65.8 Å². The van der Waals surface area contributed by atoms with E-state index in [1.54, 1.807) is 44.0 Å². The van der Waals surface area contributed by atoms with E-state index in [1.165, 1.54) is 0 Å². The van der Waals surface area contributed by atoms with Crippen molar-refractivity contribution in [2.45, 2.75) is 0 Å². The van der Waals surface area contributed by atoms with Gasteiger partial charge in [-0.15, -0.1) is 22.7 Å². The lowest BCUT2D eigenvalue weighted by molar-refractivity contribution is 0.415. The Balaban J connectivity index is 1.44. The fourth-order valence-corrected chi connectivity index (χ4v) is 9.35. The first-order chi connectivity index (χ1) is 26.6. The molecule has 4 aromatic carbocycles. The van der Waals surface area contributed by atoms with Crippen LogP contribution >= 0.6 is 22.7 Å². The highest BCUT2D eigenvalue weighted by molar-refractivity contribution is 7.24. The Bertz CT molecular complexity index is 2700. The number of hydrogen-bond donors (Lipinski definition) is 0. The highest BCUT2D eigenvalue weighted by Crippen LogP contribution is 2.43. The molecule has 54 heavy (non-hydrogen) atoms. The van der Waals surface area contributed by atoms with Crippen LogP contribution in [0.4, 0.5) is 0 Å². The molecule has 0 aliphatic carbocycles. The van der Waals surface area contributed by atoms with Gasteiger partial charge in [0.1, 0.15) is 17.2 Å². The number of benzene rings is 4. The molecule has 2 aliphatic heterocycles. The zero-order valence-electron chi connectivity index (χ0n) is 29.9. The molecular formula is C47H34N2O3S2. The minimum Gasteiger partial charge on any atom is -0.497 e. The van der Waals surface area contributed by atoms with E-state index in [0.717, 1.165) is 103 Å². The predicted octanol–water partition coefficient (Wildman–Crippen LogP) is 12.8. The van der Waals surface area contributed by atoms with Crippen molar-refractivity contribution in [1.82, 2.24) is 9.97 Å². The van der Waals surface area contributed by atoms with E-state index in [-0.39, 0.29) is 0 Å². The minimum atomic E-state index is 0.805. The molecule has 0 N–H and O–H groups in total. The van der Waals surface area contributed by atoms with E-state index in [1.807, 2.05) is 36.4 Å². The molecule has 2 aliphatic rings. The molecule has 262 valence electrons. The van der Waals surface area contributed by atoms with Crippen LogP contribution in [-0.2, 0) is 0 Å². The van der Waals surface area contributed by atoms with Crippen molar-refractivity contribution in [3.8, 4) is 61.8 Å². The van der Waals surface area contributed by atoms with Crippen molar-refractivity contribution in [2.75, 3.05) is 21.3 Å². The van der Waals surface area contributed by atoms with Gasteiger partial charge < -0.3 is 14.2 Å². The number of fused-ring (bicyclic) bond motifs is 8. The molecule has 0 unspecified atom stereocenters. The predicted molar refractivity (Wildman–Crippen MR) is 227 cm³/mol. The van der Waals surface area contributed by atoms with E-state index >= 15 is 0 Å². The Hall–Kier alpha value is -6.28. The Kier molecular flexibility index (Phi) is 8.87. The van der Waals surface area contributed by atoms with E-state index in [2.05, 4.69) is 115 Å². The number of thiophene rings is 2. The summed E-state index contributed by atoms with van der Waals surface area (Å²) in [5.74, 6) is 2.42. The zero-order chi connectivity index (χ0) is 36.6. The second-order valence-corrected chi connectivity index (χ2v) is 15.0. The fourth-order valence-electron chi connectivity index (χ4n) is 7.04. The number of ether oxygens (including phenoxy) is 3. The van der Waals surface area contributed by atoms with Gasteiger partial charge in [0.2, 0.25) is 0 Å². The fraction of sp³-hybridized carbons (Fsp3) is 0.0638. The molecule has 8 bridgehead atoms. The summed E-state index contributed by atoms with van der Waals surface area (Å²) >= 11 is 3.50. The van der Waals surface area contributed by atoms with Gasteiger partial charge in [-0.2, -0.15) is 0 Å². The number of hydrogen-bond acceptors (Lipinski definition) is 7. The summed E-state index contributed by atoms with van der Waals surface area (Å²) in [7, 11) is 5.08. The van der Waals surface area contributed by atoms with Crippen LogP contribution in [0.2, 0.25) is 0 Å². The number of aromatic nitrogens is 2. The lowest BCUT2D eigenvalue weighted by atomic mass is 10.0. The van der Waals surface area contributed by atoms with Crippen LogP contribution in [0.1, 0.15) is 22.8 Å². The lowest BCUT2D eigenvalue weighted by Crippen LogP contribution is -1.88. The van der Waals surface area contributed by atoms with E-state index in [9.17, 15) is 0 Å². The largest absolute Gasteiger partial charge is 0.497 e. The van der Waals surface area contributed by atoms with E-state index in [4.69, 9.17) is 24.2 Å². The summed E-state index contributed by atoms with van der Waals surface area (Å²) in [5, 5.41) is 0. The third-order valence-corrected chi connectivity index (χ3v) is 11.9. The molecule has 0 fully saturated rings. The summed E-state index contributed by atoms with van der Waals surface area (Å²) < 4.78 is 21.1. The third kappa shape index (κ3) is 6.17. The van der Waals surface area contributed by atoms with Crippen LogP contribution in [0.5, 0.6) is 17.2 Å². The monoisotopic (exact) mass is 738 g/mol. The molecule has 0 saturated heterocycles. The maximum atomic E-state index is 5.54. The molecule has 0 spiro atoms. The second-order valence-electron chi connectivity index (χ2n) is 12.8. The second kappa shape index (κ2) is 14.3. The first-order valence-corrected chi connectivity index (χ1v) is 19.2. The molecule has 5 heterocycles. The molecule has 3 aromatic heterocycles. The standard InChI is InChI=1S/C47H34N2O3S2/c1-50-33-15-9-30(10-16-33)45-37-22-21-36(48-37)44(29-7-5-4-6-8-29)40-25-26-41(53-40)46(31-11-17-34(51-2)18-12-31)38-23-24-39(49-38)47(43-28-27-42(45)54-43)32-13-19-35(52-3)20-14-32/h4-28H,1-3H3. The Morgan fingerprint density at radius 2 is 0.611 bits per heavy atom. The van der Waals surface area contributed by atoms with Crippen molar-refractivity contribution in [2.24, 2.45) is 0 Å². The summed E-state index contributed by atoms with van der Waals surface area (Å²) in [6.07, 6.45) is 8.59. The maximum absolute atomic E-state index is 5.54. The Labute approximate surface area is 321 Å². The number of nitrogens with zero attached hydrogens (tertiary/aromatic N) is 2. The molecule has 9 rings (SSSR count). The van der Waals surface area contributed by atoms with Crippen molar-refractivity contribution in [3.05, 3.63) is 150 Å². The Morgan fingerprint density at radius 1 is 0.333 bits per heavy atom. The molecule has 7 aromatic rings. The maximum Gasteiger partial charge on any atom is 0.118 e. The van der Waals surface area contributed by atoms with Crippen molar-refractivity contribution in [3.63, 3.8) is 0 Å². The van der Waals surface area contributed by atoms with E-state index < -0.39 is 0 Å². The van der Waals surface area contributed by atoms with E-state index in [0.29, 0.717) is 0 Å². The van der Waals surface area contributed by atoms with Crippen LogP contribution in [0.25, 0.3) is 87.6 Å². The van der Waals surface area contributed by atoms with Crippen molar-refractivity contribution < 1.29 is 14.2 Å². The van der Waals surface area contributed by atoms with Gasteiger partial charge in [0.15, 0.2) is 0 Å². The highest BCUT2D eigenvalue weighted by Gasteiger charge is 2.19. The van der Waals surface area contributed by atoms with Gasteiger partial charge in [0.25, 0.3) is 0 Å². The molecule has 7 heteroatoms. The average molecular weight is 739 g/mol.